The number of ether oxygens (including phenoxy) is 1. The van der Waals surface area contributed by atoms with Crippen molar-refractivity contribution in [3.8, 4) is 5.75 Å². The fraction of sp³-hybridized carbons (Fsp3) is 0.0833. The van der Waals surface area contributed by atoms with Crippen LogP contribution < -0.4 is 15.8 Å². The summed E-state index contributed by atoms with van der Waals surface area (Å²) in [7, 11) is 0. The summed E-state index contributed by atoms with van der Waals surface area (Å²) in [6.07, 6.45) is 1.52. The van der Waals surface area contributed by atoms with Crippen LogP contribution in [0.5, 0.6) is 5.75 Å². The molecule has 2 rings (SSSR count). The standard InChI is InChI=1S/C12H9BrN2O4S/c13-7-1-2-8(19-5-10(14)16)6(3-7)4-9-11(17)15-12(18)20-9/h1-4H,5H2,(H2,14,16)(H,15,17,18)/b9-4-. The van der Waals surface area contributed by atoms with Crippen LogP contribution in [0.3, 0.4) is 0 Å². The van der Waals surface area contributed by atoms with Gasteiger partial charge in [-0.3, -0.25) is 19.7 Å². The molecule has 1 heterocycles. The predicted octanol–water partition coefficient (Wildman–Crippen LogP) is 1.64. The van der Waals surface area contributed by atoms with Gasteiger partial charge in [-0.15, -0.1) is 0 Å². The van der Waals surface area contributed by atoms with Crippen LogP contribution in [0.1, 0.15) is 5.56 Å². The number of halogens is 1. The molecule has 1 aromatic carbocycles. The number of hydrogen-bond donors (Lipinski definition) is 2. The van der Waals surface area contributed by atoms with E-state index >= 15 is 0 Å². The Kier molecular flexibility index (Phi) is 4.46. The van der Waals surface area contributed by atoms with Crippen LogP contribution in [0, 0.1) is 0 Å². The Balaban J connectivity index is 2.32. The van der Waals surface area contributed by atoms with Crippen LogP contribution in [0.4, 0.5) is 4.79 Å². The molecule has 0 unspecified atom stereocenters. The third kappa shape index (κ3) is 3.61. The van der Waals surface area contributed by atoms with Gasteiger partial charge >= 0.3 is 0 Å². The monoisotopic (exact) mass is 356 g/mol. The van der Waals surface area contributed by atoms with Gasteiger partial charge in [0.1, 0.15) is 5.75 Å². The second-order valence-electron chi connectivity index (χ2n) is 3.79. The van der Waals surface area contributed by atoms with Crippen molar-refractivity contribution in [2.75, 3.05) is 6.61 Å². The molecule has 1 saturated heterocycles. The average Bonchev–Trinajstić information content (AvgIpc) is 2.66. The molecular formula is C12H9BrN2O4S. The highest BCUT2D eigenvalue weighted by molar-refractivity contribution is 9.10. The number of nitrogens with one attached hydrogen (secondary N) is 1. The molecule has 3 amide bonds. The highest BCUT2D eigenvalue weighted by Crippen LogP contribution is 2.30. The van der Waals surface area contributed by atoms with E-state index in [1.165, 1.54) is 6.08 Å². The average molecular weight is 357 g/mol. The number of nitrogens with two attached hydrogens (primary N) is 1. The molecule has 0 atom stereocenters. The lowest BCUT2D eigenvalue weighted by atomic mass is 10.2. The van der Waals surface area contributed by atoms with E-state index in [2.05, 4.69) is 21.2 Å². The number of primary amides is 1. The number of carbonyl (C=O) groups is 3. The third-order valence-corrected chi connectivity index (χ3v) is 3.57. The summed E-state index contributed by atoms with van der Waals surface area (Å²) in [5.74, 6) is -0.664. The minimum atomic E-state index is -0.602. The first kappa shape index (κ1) is 14.6. The van der Waals surface area contributed by atoms with Gasteiger partial charge in [0.05, 0.1) is 4.91 Å². The maximum atomic E-state index is 11.5. The number of hydrogen-bond acceptors (Lipinski definition) is 5. The zero-order valence-electron chi connectivity index (χ0n) is 10.0. The lowest BCUT2D eigenvalue weighted by molar-refractivity contribution is -0.120. The molecule has 6 nitrogen and oxygen atoms in total. The van der Waals surface area contributed by atoms with Gasteiger partial charge in [0.15, 0.2) is 6.61 Å². The van der Waals surface area contributed by atoms with Gasteiger partial charge in [0.25, 0.3) is 17.1 Å². The second-order valence-corrected chi connectivity index (χ2v) is 5.72. The fourth-order valence-corrected chi connectivity index (χ4v) is 2.53. The molecular weight excluding hydrogens is 348 g/mol. The summed E-state index contributed by atoms with van der Waals surface area (Å²) in [6, 6.07) is 5.07. The van der Waals surface area contributed by atoms with E-state index in [0.717, 1.165) is 16.2 Å². The highest BCUT2D eigenvalue weighted by atomic mass is 79.9. The van der Waals surface area contributed by atoms with Gasteiger partial charge in [-0.05, 0) is 36.0 Å². The lowest BCUT2D eigenvalue weighted by Crippen LogP contribution is -2.20. The quantitative estimate of drug-likeness (QED) is 0.799. The van der Waals surface area contributed by atoms with Crippen LogP contribution in [-0.2, 0) is 9.59 Å². The molecule has 0 bridgehead atoms. The Bertz CT molecular complexity index is 630. The summed E-state index contributed by atoms with van der Waals surface area (Å²) in [4.78, 5) is 33.6. The van der Waals surface area contributed by atoms with E-state index < -0.39 is 17.1 Å². The van der Waals surface area contributed by atoms with Gasteiger partial charge in [-0.25, -0.2) is 0 Å². The first-order valence-electron chi connectivity index (χ1n) is 5.41. The number of carbonyl (C=O) groups excluding carboxylic acids is 3. The molecule has 1 aliphatic rings. The third-order valence-electron chi connectivity index (χ3n) is 2.27. The molecule has 1 aliphatic heterocycles. The van der Waals surface area contributed by atoms with Crippen molar-refractivity contribution in [1.29, 1.82) is 0 Å². The number of rotatable bonds is 4. The first-order chi connectivity index (χ1) is 9.45. The summed E-state index contributed by atoms with van der Waals surface area (Å²) in [5.41, 5.74) is 5.59. The van der Waals surface area contributed by atoms with E-state index in [0.29, 0.717) is 11.3 Å². The summed E-state index contributed by atoms with van der Waals surface area (Å²) < 4.78 is 6.03. The minimum absolute atomic E-state index is 0.261. The summed E-state index contributed by atoms with van der Waals surface area (Å²) in [6.45, 7) is -0.268. The van der Waals surface area contributed by atoms with Gasteiger partial charge in [-0.1, -0.05) is 15.9 Å². The Morgan fingerprint density at radius 2 is 2.20 bits per heavy atom. The molecule has 0 aliphatic carbocycles. The van der Waals surface area contributed by atoms with Crippen molar-refractivity contribution in [2.45, 2.75) is 0 Å². The lowest BCUT2D eigenvalue weighted by Gasteiger charge is -2.08. The van der Waals surface area contributed by atoms with Crippen molar-refractivity contribution in [3.05, 3.63) is 33.1 Å². The Morgan fingerprint density at radius 1 is 1.45 bits per heavy atom. The van der Waals surface area contributed by atoms with Gasteiger partial charge in [-0.2, -0.15) is 0 Å². The van der Waals surface area contributed by atoms with Crippen molar-refractivity contribution >= 4 is 50.8 Å². The molecule has 0 aromatic heterocycles. The van der Waals surface area contributed by atoms with E-state index in [1.807, 2.05) is 0 Å². The smallest absolute Gasteiger partial charge is 0.290 e. The van der Waals surface area contributed by atoms with Crippen molar-refractivity contribution in [1.82, 2.24) is 5.32 Å². The Morgan fingerprint density at radius 3 is 2.80 bits per heavy atom. The van der Waals surface area contributed by atoms with E-state index in [-0.39, 0.29) is 11.5 Å². The molecule has 1 fully saturated rings. The summed E-state index contributed by atoms with van der Waals surface area (Å²) in [5, 5.41) is 1.74. The highest BCUT2D eigenvalue weighted by Gasteiger charge is 2.25. The number of imide groups is 1. The normalized spacial score (nSPS) is 16.4. The van der Waals surface area contributed by atoms with Crippen LogP contribution in [0.25, 0.3) is 6.08 Å². The topological polar surface area (TPSA) is 98.5 Å². The SMILES string of the molecule is NC(=O)COc1ccc(Br)cc1/C=C1\SC(=O)NC1=O. The Hall–Kier alpha value is -1.80. The van der Waals surface area contributed by atoms with Crippen LogP contribution in [-0.4, -0.2) is 23.7 Å². The van der Waals surface area contributed by atoms with E-state index in [1.54, 1.807) is 18.2 Å². The molecule has 3 N–H and O–H groups in total. The first-order valence-corrected chi connectivity index (χ1v) is 7.02. The second kappa shape index (κ2) is 6.10. The van der Waals surface area contributed by atoms with Gasteiger partial charge in [0, 0.05) is 10.0 Å². The van der Waals surface area contributed by atoms with Crippen LogP contribution in [0.2, 0.25) is 0 Å². The predicted molar refractivity (Wildman–Crippen MR) is 77.9 cm³/mol. The van der Waals surface area contributed by atoms with Crippen molar-refractivity contribution < 1.29 is 19.1 Å². The fourth-order valence-electron chi connectivity index (χ4n) is 1.47. The molecule has 20 heavy (non-hydrogen) atoms. The zero-order chi connectivity index (χ0) is 14.7. The Labute approximate surface area is 126 Å². The molecule has 0 saturated carbocycles. The van der Waals surface area contributed by atoms with Crippen LogP contribution in [0.15, 0.2) is 27.6 Å². The van der Waals surface area contributed by atoms with Crippen molar-refractivity contribution in [2.24, 2.45) is 5.73 Å². The number of thioether (sulfide) groups is 1. The maximum Gasteiger partial charge on any atom is 0.290 e. The summed E-state index contributed by atoms with van der Waals surface area (Å²) >= 11 is 4.11. The number of amides is 3. The largest absolute Gasteiger partial charge is 0.483 e. The zero-order valence-corrected chi connectivity index (χ0v) is 12.4. The molecule has 104 valence electrons. The minimum Gasteiger partial charge on any atom is -0.483 e. The maximum absolute atomic E-state index is 11.5. The van der Waals surface area contributed by atoms with Crippen LogP contribution >= 0.6 is 27.7 Å². The molecule has 0 radical (unpaired) electrons. The number of benzene rings is 1. The molecule has 1 aromatic rings. The van der Waals surface area contributed by atoms with Gasteiger partial charge in [0.2, 0.25) is 0 Å². The van der Waals surface area contributed by atoms with E-state index in [4.69, 9.17) is 10.5 Å². The molecule has 0 spiro atoms. The van der Waals surface area contributed by atoms with Crippen molar-refractivity contribution in [3.63, 3.8) is 0 Å². The van der Waals surface area contributed by atoms with E-state index in [9.17, 15) is 14.4 Å². The van der Waals surface area contributed by atoms with Gasteiger partial charge < -0.3 is 10.5 Å². The molecule has 8 heteroatoms.